The van der Waals surface area contributed by atoms with Crippen LogP contribution >= 0.6 is 0 Å². The van der Waals surface area contributed by atoms with Crippen LogP contribution in [0.2, 0.25) is 0 Å². The molecule has 2 rings (SSSR count). The highest BCUT2D eigenvalue weighted by Gasteiger charge is 2.26. The maximum absolute atomic E-state index is 10.1. The lowest BCUT2D eigenvalue weighted by atomic mass is 10.1. The molecule has 0 bridgehead atoms. The van der Waals surface area contributed by atoms with E-state index in [0.29, 0.717) is 18.1 Å². The lowest BCUT2D eigenvalue weighted by Gasteiger charge is -2.17. The number of hydrogen-bond donors (Lipinski definition) is 2. The first-order valence-corrected chi connectivity index (χ1v) is 7.02. The molecule has 0 radical (unpaired) electrons. The van der Waals surface area contributed by atoms with Crippen LogP contribution in [0.4, 0.5) is 0 Å². The van der Waals surface area contributed by atoms with E-state index in [1.807, 2.05) is 12.1 Å². The van der Waals surface area contributed by atoms with Crippen molar-refractivity contribution in [1.82, 2.24) is 4.90 Å². The van der Waals surface area contributed by atoms with Gasteiger partial charge in [-0.05, 0) is 24.0 Å². The molecule has 1 saturated heterocycles. The molecule has 0 saturated carbocycles. The molecule has 2 unspecified atom stereocenters. The fraction of sp³-hybridized carbons (Fsp3) is 0.500. The van der Waals surface area contributed by atoms with E-state index in [2.05, 4.69) is 18.4 Å². The summed E-state index contributed by atoms with van der Waals surface area (Å²) in [5.41, 5.74) is 8.05. The van der Waals surface area contributed by atoms with Crippen LogP contribution in [0.1, 0.15) is 18.1 Å². The van der Waals surface area contributed by atoms with Gasteiger partial charge in [-0.1, -0.05) is 19.1 Å². The van der Waals surface area contributed by atoms with Gasteiger partial charge in [0.25, 0.3) is 0 Å². The Morgan fingerprint density at radius 1 is 1.50 bits per heavy atom. The molecule has 1 aliphatic heterocycles. The zero-order valence-corrected chi connectivity index (χ0v) is 12.3. The maximum atomic E-state index is 10.1. The Kier molecular flexibility index (Phi) is 4.68. The maximum Gasteiger partial charge on any atom is 0.161 e. The van der Waals surface area contributed by atoms with Crippen LogP contribution < -0.4 is 10.5 Å². The highest BCUT2D eigenvalue weighted by molar-refractivity contribution is 5.49. The Balaban J connectivity index is 2.19. The highest BCUT2D eigenvalue weighted by atomic mass is 16.5. The molecule has 0 aliphatic carbocycles. The van der Waals surface area contributed by atoms with E-state index >= 15 is 0 Å². The molecule has 1 heterocycles. The molecule has 1 aromatic carbocycles. The molecule has 1 fully saturated rings. The number of nitrogens with two attached hydrogens (primary N) is 1. The van der Waals surface area contributed by atoms with Gasteiger partial charge in [-0.3, -0.25) is 4.90 Å². The van der Waals surface area contributed by atoms with Crippen LogP contribution in [0.3, 0.4) is 0 Å². The number of methoxy groups -OCH3 is 1. The van der Waals surface area contributed by atoms with E-state index in [1.54, 1.807) is 13.2 Å². The van der Waals surface area contributed by atoms with Crippen LogP contribution in [-0.4, -0.2) is 36.2 Å². The molecule has 0 spiro atoms. The zero-order valence-electron chi connectivity index (χ0n) is 12.3. The number of nitrogens with zero attached hydrogens (tertiary/aromatic N) is 1. The van der Waals surface area contributed by atoms with Crippen LogP contribution in [-0.2, 0) is 13.0 Å². The second kappa shape index (κ2) is 6.29. The van der Waals surface area contributed by atoms with Gasteiger partial charge in [-0.2, -0.15) is 0 Å². The van der Waals surface area contributed by atoms with Crippen molar-refractivity contribution in [3.8, 4) is 11.5 Å². The van der Waals surface area contributed by atoms with Crippen molar-refractivity contribution in [2.75, 3.05) is 20.2 Å². The first-order valence-electron chi connectivity index (χ1n) is 7.02. The lowest BCUT2D eigenvalue weighted by Crippen LogP contribution is -2.28. The lowest BCUT2D eigenvalue weighted by molar-refractivity contribution is 0.316. The Bertz CT molecular complexity index is 478. The number of phenols is 1. The van der Waals surface area contributed by atoms with Gasteiger partial charge >= 0.3 is 0 Å². The van der Waals surface area contributed by atoms with E-state index in [1.165, 1.54) is 0 Å². The third-order valence-electron chi connectivity index (χ3n) is 3.95. The SMILES string of the molecule is C=CCc1cc(CN2CC(C)C(N)C2)cc(OC)c1O. The molecular formula is C16H24N2O2. The number of allylic oxidation sites excluding steroid dienone is 1. The van der Waals surface area contributed by atoms with Crippen LogP contribution in [0.15, 0.2) is 24.8 Å². The predicted molar refractivity (Wildman–Crippen MR) is 81.0 cm³/mol. The summed E-state index contributed by atoms with van der Waals surface area (Å²) < 4.78 is 5.25. The largest absolute Gasteiger partial charge is 0.504 e. The van der Waals surface area contributed by atoms with Crippen molar-refractivity contribution < 1.29 is 9.84 Å². The second-order valence-electron chi connectivity index (χ2n) is 5.63. The van der Waals surface area contributed by atoms with E-state index in [-0.39, 0.29) is 11.8 Å². The Morgan fingerprint density at radius 3 is 2.80 bits per heavy atom. The standard InChI is InChI=1S/C16H24N2O2/c1-4-5-13-6-12(7-15(20-3)16(13)19)9-18-8-11(2)14(17)10-18/h4,6-7,11,14,19H,1,5,8-10,17H2,2-3H3. The third kappa shape index (κ3) is 3.14. The molecule has 2 atom stereocenters. The van der Waals surface area contributed by atoms with E-state index in [9.17, 15) is 5.11 Å². The number of benzene rings is 1. The van der Waals surface area contributed by atoms with Crippen LogP contribution in [0.25, 0.3) is 0 Å². The quantitative estimate of drug-likeness (QED) is 0.807. The van der Waals surface area contributed by atoms with Gasteiger partial charge in [0.1, 0.15) is 0 Å². The Hall–Kier alpha value is -1.52. The van der Waals surface area contributed by atoms with Gasteiger partial charge in [-0.15, -0.1) is 6.58 Å². The molecule has 1 aromatic rings. The topological polar surface area (TPSA) is 58.7 Å². The average Bonchev–Trinajstić information content (AvgIpc) is 2.72. The fourth-order valence-electron chi connectivity index (χ4n) is 2.77. The van der Waals surface area contributed by atoms with Crippen molar-refractivity contribution in [3.05, 3.63) is 35.9 Å². The molecule has 110 valence electrons. The van der Waals surface area contributed by atoms with Gasteiger partial charge in [0.2, 0.25) is 0 Å². The first-order chi connectivity index (χ1) is 9.55. The molecular weight excluding hydrogens is 252 g/mol. The van der Waals surface area contributed by atoms with Crippen LogP contribution in [0, 0.1) is 5.92 Å². The molecule has 0 aromatic heterocycles. The number of rotatable bonds is 5. The second-order valence-corrected chi connectivity index (χ2v) is 5.63. The minimum atomic E-state index is 0.211. The summed E-state index contributed by atoms with van der Waals surface area (Å²) in [7, 11) is 1.57. The van der Waals surface area contributed by atoms with Crippen LogP contribution in [0.5, 0.6) is 11.5 Å². The van der Waals surface area contributed by atoms with Crippen molar-refractivity contribution in [3.63, 3.8) is 0 Å². The van der Waals surface area contributed by atoms with Crippen molar-refractivity contribution in [2.24, 2.45) is 11.7 Å². The third-order valence-corrected chi connectivity index (χ3v) is 3.95. The zero-order chi connectivity index (χ0) is 14.7. The molecule has 20 heavy (non-hydrogen) atoms. The highest BCUT2D eigenvalue weighted by Crippen LogP contribution is 2.32. The summed E-state index contributed by atoms with van der Waals surface area (Å²) >= 11 is 0. The Labute approximate surface area is 120 Å². The summed E-state index contributed by atoms with van der Waals surface area (Å²) in [4.78, 5) is 2.35. The monoisotopic (exact) mass is 276 g/mol. The smallest absolute Gasteiger partial charge is 0.161 e. The first kappa shape index (κ1) is 14.9. The van der Waals surface area contributed by atoms with Gasteiger partial charge < -0.3 is 15.6 Å². The molecule has 0 amide bonds. The molecule has 3 N–H and O–H groups in total. The molecule has 4 nitrogen and oxygen atoms in total. The number of hydrogen-bond acceptors (Lipinski definition) is 4. The minimum Gasteiger partial charge on any atom is -0.504 e. The molecule has 4 heteroatoms. The van der Waals surface area contributed by atoms with Gasteiger partial charge in [-0.25, -0.2) is 0 Å². The van der Waals surface area contributed by atoms with E-state index in [0.717, 1.165) is 30.8 Å². The number of phenolic OH excluding ortho intramolecular Hbond substituents is 1. The minimum absolute atomic E-state index is 0.211. The summed E-state index contributed by atoms with van der Waals surface area (Å²) in [6.45, 7) is 8.68. The number of likely N-dealkylation sites (tertiary alicyclic amines) is 1. The van der Waals surface area contributed by atoms with Gasteiger partial charge in [0, 0.05) is 31.2 Å². The van der Waals surface area contributed by atoms with Crippen molar-refractivity contribution in [2.45, 2.75) is 25.9 Å². The average molecular weight is 276 g/mol. The summed E-state index contributed by atoms with van der Waals surface area (Å²) in [6, 6.07) is 4.17. The van der Waals surface area contributed by atoms with E-state index in [4.69, 9.17) is 10.5 Å². The van der Waals surface area contributed by atoms with Gasteiger partial charge in [0.15, 0.2) is 11.5 Å². The summed E-state index contributed by atoms with van der Waals surface area (Å²) in [5.74, 6) is 1.26. The Morgan fingerprint density at radius 2 is 2.25 bits per heavy atom. The predicted octanol–water partition coefficient (Wildman–Crippen LogP) is 1.91. The van der Waals surface area contributed by atoms with Crippen molar-refractivity contribution >= 4 is 0 Å². The molecule has 1 aliphatic rings. The number of aromatic hydroxyl groups is 1. The van der Waals surface area contributed by atoms with Gasteiger partial charge in [0.05, 0.1) is 7.11 Å². The van der Waals surface area contributed by atoms with E-state index < -0.39 is 0 Å². The normalized spacial score (nSPS) is 22.9. The summed E-state index contributed by atoms with van der Waals surface area (Å²) in [5, 5.41) is 10.1. The number of ether oxygens (including phenoxy) is 1. The van der Waals surface area contributed by atoms with Crippen molar-refractivity contribution in [1.29, 1.82) is 0 Å². The fourth-order valence-corrected chi connectivity index (χ4v) is 2.77. The summed E-state index contributed by atoms with van der Waals surface area (Å²) in [6.07, 6.45) is 2.41.